The second-order valence-corrected chi connectivity index (χ2v) is 6.59. The van der Waals surface area contributed by atoms with Gasteiger partial charge in [0.15, 0.2) is 0 Å². The van der Waals surface area contributed by atoms with E-state index in [0.717, 1.165) is 5.56 Å². The summed E-state index contributed by atoms with van der Waals surface area (Å²) < 4.78 is 1.47. The molecule has 25 heavy (non-hydrogen) atoms. The molecule has 0 spiro atoms. The highest BCUT2D eigenvalue weighted by Gasteiger charge is 2.11. The molecule has 0 radical (unpaired) electrons. The summed E-state index contributed by atoms with van der Waals surface area (Å²) in [4.78, 5) is 31.2. The number of nitrogens with zero attached hydrogens (tertiary/aromatic N) is 4. The number of thiophene rings is 1. The second kappa shape index (κ2) is 7.28. The van der Waals surface area contributed by atoms with E-state index >= 15 is 0 Å². The normalized spacial score (nSPS) is 10.6. The van der Waals surface area contributed by atoms with E-state index in [1.54, 1.807) is 30.1 Å². The van der Waals surface area contributed by atoms with Crippen LogP contribution in [0.25, 0.3) is 10.2 Å². The molecule has 0 aliphatic carbocycles. The van der Waals surface area contributed by atoms with Crippen molar-refractivity contribution in [2.75, 3.05) is 7.05 Å². The zero-order valence-corrected chi connectivity index (χ0v) is 14.5. The average molecular weight is 352 g/mol. The van der Waals surface area contributed by atoms with E-state index in [9.17, 15) is 9.59 Å². The van der Waals surface area contributed by atoms with Gasteiger partial charge in [-0.1, -0.05) is 12.1 Å². The summed E-state index contributed by atoms with van der Waals surface area (Å²) in [6, 6.07) is 11.0. The standard InChI is InChI=1S/C18H16N4O2S/c1-21(11-14-4-2-13(10-19)3-5-14)16(23)6-8-22-12-20-17-15(18(22)24)7-9-25-17/h2-5,7,9,12H,6,8,11H2,1H3. The number of aromatic nitrogens is 2. The molecule has 0 saturated heterocycles. The monoisotopic (exact) mass is 352 g/mol. The molecule has 0 atom stereocenters. The minimum Gasteiger partial charge on any atom is -0.341 e. The van der Waals surface area contributed by atoms with E-state index in [-0.39, 0.29) is 17.9 Å². The van der Waals surface area contributed by atoms with Crippen LogP contribution in [-0.4, -0.2) is 27.4 Å². The Morgan fingerprint density at radius 1 is 1.32 bits per heavy atom. The van der Waals surface area contributed by atoms with Crippen LogP contribution in [0.4, 0.5) is 0 Å². The van der Waals surface area contributed by atoms with Gasteiger partial charge in [-0.05, 0) is 29.1 Å². The van der Waals surface area contributed by atoms with Gasteiger partial charge in [-0.3, -0.25) is 14.2 Å². The van der Waals surface area contributed by atoms with Gasteiger partial charge in [-0.15, -0.1) is 11.3 Å². The molecule has 2 aromatic heterocycles. The van der Waals surface area contributed by atoms with Crippen LogP contribution in [0.1, 0.15) is 17.5 Å². The Kier molecular flexibility index (Phi) is 4.91. The molecule has 0 fully saturated rings. The number of carbonyl (C=O) groups is 1. The first-order valence-corrected chi connectivity index (χ1v) is 8.62. The number of amides is 1. The van der Waals surface area contributed by atoms with Gasteiger partial charge in [-0.25, -0.2) is 4.98 Å². The first kappa shape index (κ1) is 16.9. The Hall–Kier alpha value is -2.98. The Bertz CT molecular complexity index is 998. The Morgan fingerprint density at radius 3 is 2.80 bits per heavy atom. The zero-order chi connectivity index (χ0) is 17.8. The molecule has 2 heterocycles. The van der Waals surface area contributed by atoms with E-state index in [1.807, 2.05) is 17.5 Å². The lowest BCUT2D eigenvalue weighted by atomic mass is 10.1. The molecule has 3 rings (SSSR count). The van der Waals surface area contributed by atoms with E-state index < -0.39 is 0 Å². The third kappa shape index (κ3) is 3.75. The number of aryl methyl sites for hydroxylation is 1. The van der Waals surface area contributed by atoms with Crippen LogP contribution in [0.2, 0.25) is 0 Å². The van der Waals surface area contributed by atoms with E-state index in [2.05, 4.69) is 11.1 Å². The number of fused-ring (bicyclic) bond motifs is 1. The van der Waals surface area contributed by atoms with Crippen molar-refractivity contribution in [1.29, 1.82) is 5.26 Å². The van der Waals surface area contributed by atoms with Crippen LogP contribution in [0.15, 0.2) is 46.8 Å². The van der Waals surface area contributed by atoms with Gasteiger partial charge in [0.25, 0.3) is 5.56 Å². The molecule has 0 aliphatic rings. The fourth-order valence-corrected chi connectivity index (χ4v) is 3.23. The fourth-order valence-electron chi connectivity index (χ4n) is 2.51. The molecule has 1 amide bonds. The Labute approximate surface area is 148 Å². The van der Waals surface area contributed by atoms with E-state index in [4.69, 9.17) is 5.26 Å². The van der Waals surface area contributed by atoms with Crippen molar-refractivity contribution in [3.63, 3.8) is 0 Å². The molecule has 0 aliphatic heterocycles. The van der Waals surface area contributed by atoms with Crippen molar-refractivity contribution < 1.29 is 4.79 Å². The topological polar surface area (TPSA) is 79.0 Å². The first-order valence-electron chi connectivity index (χ1n) is 7.74. The number of hydrogen-bond donors (Lipinski definition) is 0. The van der Waals surface area contributed by atoms with Crippen molar-refractivity contribution in [3.05, 3.63) is 63.5 Å². The highest BCUT2D eigenvalue weighted by molar-refractivity contribution is 7.16. The number of nitriles is 1. The molecule has 0 bridgehead atoms. The summed E-state index contributed by atoms with van der Waals surface area (Å²) in [5, 5.41) is 11.2. The van der Waals surface area contributed by atoms with Crippen LogP contribution >= 0.6 is 11.3 Å². The Balaban J connectivity index is 1.61. The molecule has 3 aromatic rings. The average Bonchev–Trinajstić information content (AvgIpc) is 3.11. The van der Waals surface area contributed by atoms with Gasteiger partial charge in [0.1, 0.15) is 4.83 Å². The van der Waals surface area contributed by atoms with Gasteiger partial charge in [0, 0.05) is 26.6 Å². The maximum atomic E-state index is 12.3. The first-order chi connectivity index (χ1) is 12.1. The predicted octanol–water partition coefficient (Wildman–Crippen LogP) is 2.38. The molecular weight excluding hydrogens is 336 g/mol. The predicted molar refractivity (Wildman–Crippen MR) is 96.1 cm³/mol. The smallest absolute Gasteiger partial charge is 0.262 e. The van der Waals surface area contributed by atoms with Crippen molar-refractivity contribution >= 4 is 27.5 Å². The van der Waals surface area contributed by atoms with Crippen LogP contribution in [0.3, 0.4) is 0 Å². The summed E-state index contributed by atoms with van der Waals surface area (Å²) in [6.07, 6.45) is 1.72. The largest absolute Gasteiger partial charge is 0.341 e. The van der Waals surface area contributed by atoms with Crippen LogP contribution < -0.4 is 5.56 Å². The van der Waals surface area contributed by atoms with Gasteiger partial charge in [-0.2, -0.15) is 5.26 Å². The van der Waals surface area contributed by atoms with Crippen LogP contribution in [0, 0.1) is 11.3 Å². The third-order valence-corrected chi connectivity index (χ3v) is 4.77. The fraction of sp³-hybridized carbons (Fsp3) is 0.222. The molecule has 126 valence electrons. The lowest BCUT2D eigenvalue weighted by Crippen LogP contribution is -2.29. The van der Waals surface area contributed by atoms with Gasteiger partial charge < -0.3 is 4.90 Å². The zero-order valence-electron chi connectivity index (χ0n) is 13.7. The molecule has 0 N–H and O–H groups in total. The van der Waals surface area contributed by atoms with Crippen molar-refractivity contribution in [1.82, 2.24) is 14.5 Å². The maximum Gasteiger partial charge on any atom is 0.262 e. The number of hydrogen-bond acceptors (Lipinski definition) is 5. The number of rotatable bonds is 5. The summed E-state index contributed by atoms with van der Waals surface area (Å²) >= 11 is 1.42. The van der Waals surface area contributed by atoms with Crippen LogP contribution in [-0.2, 0) is 17.9 Å². The molecule has 0 unspecified atom stereocenters. The summed E-state index contributed by atoms with van der Waals surface area (Å²) in [5.74, 6) is -0.0540. The number of carbonyl (C=O) groups excluding carboxylic acids is 1. The minimum atomic E-state index is -0.117. The molecule has 6 nitrogen and oxygen atoms in total. The van der Waals surface area contributed by atoms with Crippen LogP contribution in [0.5, 0.6) is 0 Å². The third-order valence-electron chi connectivity index (χ3n) is 3.95. The Morgan fingerprint density at radius 2 is 2.08 bits per heavy atom. The van der Waals surface area contributed by atoms with Gasteiger partial charge >= 0.3 is 0 Å². The lowest BCUT2D eigenvalue weighted by Gasteiger charge is -2.17. The van der Waals surface area contributed by atoms with Crippen molar-refractivity contribution in [3.8, 4) is 6.07 Å². The quantitative estimate of drug-likeness (QED) is 0.706. The summed E-state index contributed by atoms with van der Waals surface area (Å²) in [7, 11) is 1.73. The number of benzene rings is 1. The van der Waals surface area contributed by atoms with Gasteiger partial charge in [0.05, 0.1) is 23.3 Å². The summed E-state index contributed by atoms with van der Waals surface area (Å²) in [6.45, 7) is 0.759. The molecular formula is C18H16N4O2S. The molecule has 7 heteroatoms. The highest BCUT2D eigenvalue weighted by atomic mass is 32.1. The van der Waals surface area contributed by atoms with Crippen molar-refractivity contribution in [2.24, 2.45) is 0 Å². The molecule has 0 saturated carbocycles. The minimum absolute atomic E-state index is 0.0540. The second-order valence-electron chi connectivity index (χ2n) is 5.69. The highest BCUT2D eigenvalue weighted by Crippen LogP contribution is 2.13. The lowest BCUT2D eigenvalue weighted by molar-refractivity contribution is -0.130. The van der Waals surface area contributed by atoms with E-state index in [0.29, 0.717) is 28.9 Å². The van der Waals surface area contributed by atoms with Gasteiger partial charge in [0.2, 0.25) is 5.91 Å². The van der Waals surface area contributed by atoms with Crippen molar-refractivity contribution in [2.45, 2.75) is 19.5 Å². The summed E-state index contributed by atoms with van der Waals surface area (Å²) in [5.41, 5.74) is 1.43. The van der Waals surface area contributed by atoms with E-state index in [1.165, 1.54) is 22.2 Å². The maximum absolute atomic E-state index is 12.3. The molecule has 1 aromatic carbocycles. The SMILES string of the molecule is CN(Cc1ccc(C#N)cc1)C(=O)CCn1cnc2sccc2c1=O.